The lowest BCUT2D eigenvalue weighted by Crippen LogP contribution is -2.60. The maximum absolute atomic E-state index is 15.1. The summed E-state index contributed by atoms with van der Waals surface area (Å²) >= 11 is 5.55. The van der Waals surface area contributed by atoms with E-state index in [9.17, 15) is 31.1 Å². The molecule has 36 heavy (non-hydrogen) atoms. The van der Waals surface area contributed by atoms with Gasteiger partial charge >= 0.3 is 12.4 Å². The van der Waals surface area contributed by atoms with Crippen molar-refractivity contribution >= 4 is 23.2 Å². The first-order chi connectivity index (χ1) is 16.6. The number of amides is 1. The third-order valence-electron chi connectivity index (χ3n) is 6.17. The first-order valence-electron chi connectivity index (χ1n) is 10.7. The van der Waals surface area contributed by atoms with E-state index in [1.54, 1.807) is 13.8 Å². The predicted molar refractivity (Wildman–Crippen MR) is 115 cm³/mol. The summed E-state index contributed by atoms with van der Waals surface area (Å²) in [5, 5.41) is 2.74. The molecule has 2 aliphatic rings. The number of nitrogens with zero attached hydrogens (tertiary/aromatic N) is 3. The SMILES string of the molecule is CC(C)C(=O)N1CC(F)(c2ccc(C3=NOC(c4ccc(Cl)c(C(F)(F)F)c4)(C(F)(F)F)C3)cn2)C1. The number of aromatic nitrogens is 1. The summed E-state index contributed by atoms with van der Waals surface area (Å²) in [4.78, 5) is 22.1. The number of hydrogen-bond acceptors (Lipinski definition) is 4. The number of rotatable bonds is 4. The highest BCUT2D eigenvalue weighted by Gasteiger charge is 2.62. The third-order valence-corrected chi connectivity index (χ3v) is 6.50. The number of hydrogen-bond donors (Lipinski definition) is 0. The number of halogens is 8. The molecule has 13 heteroatoms. The second kappa shape index (κ2) is 8.60. The molecule has 1 saturated heterocycles. The first-order valence-corrected chi connectivity index (χ1v) is 11.1. The van der Waals surface area contributed by atoms with Crippen LogP contribution in [0.25, 0.3) is 0 Å². The Morgan fingerprint density at radius 2 is 1.78 bits per heavy atom. The molecular formula is C23H19ClF7N3O2. The van der Waals surface area contributed by atoms with Crippen LogP contribution in [0.5, 0.6) is 0 Å². The molecule has 4 rings (SSSR count). The molecular weight excluding hydrogens is 519 g/mol. The molecule has 1 unspecified atom stereocenters. The van der Waals surface area contributed by atoms with Crippen LogP contribution in [0.2, 0.25) is 5.02 Å². The van der Waals surface area contributed by atoms with Crippen LogP contribution in [0.15, 0.2) is 41.7 Å². The maximum Gasteiger partial charge on any atom is 0.435 e. The normalized spacial score (nSPS) is 21.8. The minimum absolute atomic E-state index is 0.00632. The highest BCUT2D eigenvalue weighted by atomic mass is 35.5. The monoisotopic (exact) mass is 537 g/mol. The van der Waals surface area contributed by atoms with Crippen molar-refractivity contribution < 1.29 is 40.4 Å². The molecule has 0 saturated carbocycles. The lowest BCUT2D eigenvalue weighted by Gasteiger charge is -2.44. The number of benzene rings is 1. The van der Waals surface area contributed by atoms with Crippen molar-refractivity contribution in [1.82, 2.24) is 9.88 Å². The Kier molecular flexibility index (Phi) is 6.26. The average Bonchev–Trinajstić information content (AvgIpc) is 3.23. The second-order valence-corrected chi connectivity index (χ2v) is 9.48. The summed E-state index contributed by atoms with van der Waals surface area (Å²) in [6.45, 7) is 2.98. The van der Waals surface area contributed by atoms with E-state index in [2.05, 4.69) is 10.1 Å². The Balaban J connectivity index is 1.57. The lowest BCUT2D eigenvalue weighted by atomic mass is 9.85. The summed E-state index contributed by atoms with van der Waals surface area (Å²) < 4.78 is 97.3. The molecule has 0 aliphatic carbocycles. The summed E-state index contributed by atoms with van der Waals surface area (Å²) in [6, 6.07) is 4.39. The molecule has 0 radical (unpaired) electrons. The highest BCUT2D eigenvalue weighted by molar-refractivity contribution is 6.31. The summed E-state index contributed by atoms with van der Waals surface area (Å²) in [5.74, 6) is -0.510. The largest absolute Gasteiger partial charge is 0.435 e. The molecule has 1 amide bonds. The minimum Gasteiger partial charge on any atom is -0.374 e. The number of oxime groups is 1. The van der Waals surface area contributed by atoms with Crippen LogP contribution in [0.4, 0.5) is 30.7 Å². The van der Waals surface area contributed by atoms with Gasteiger partial charge in [0.15, 0.2) is 5.67 Å². The maximum atomic E-state index is 15.1. The Bertz CT molecular complexity index is 1210. The molecule has 0 N–H and O–H groups in total. The Morgan fingerprint density at radius 3 is 2.31 bits per heavy atom. The van der Waals surface area contributed by atoms with E-state index in [1.807, 2.05) is 0 Å². The Labute approximate surface area is 205 Å². The van der Waals surface area contributed by atoms with E-state index in [0.717, 1.165) is 18.3 Å². The molecule has 194 valence electrons. The van der Waals surface area contributed by atoms with Crippen LogP contribution in [0, 0.1) is 5.92 Å². The quantitative estimate of drug-likeness (QED) is 0.450. The van der Waals surface area contributed by atoms with E-state index in [4.69, 9.17) is 16.4 Å². The van der Waals surface area contributed by atoms with Crippen molar-refractivity contribution in [3.8, 4) is 0 Å². The van der Waals surface area contributed by atoms with Gasteiger partial charge in [-0.25, -0.2) is 4.39 Å². The van der Waals surface area contributed by atoms with Crippen LogP contribution in [-0.2, 0) is 27.1 Å². The average molecular weight is 538 g/mol. The van der Waals surface area contributed by atoms with Gasteiger partial charge in [0.1, 0.15) is 0 Å². The topological polar surface area (TPSA) is 54.8 Å². The molecule has 0 bridgehead atoms. The fourth-order valence-electron chi connectivity index (χ4n) is 4.12. The number of carbonyl (C=O) groups is 1. The van der Waals surface area contributed by atoms with Crippen LogP contribution in [0.3, 0.4) is 0 Å². The zero-order chi connectivity index (χ0) is 26.7. The number of carbonyl (C=O) groups excluding carboxylic acids is 1. The molecule has 5 nitrogen and oxygen atoms in total. The van der Waals surface area contributed by atoms with Crippen LogP contribution in [-0.4, -0.2) is 40.8 Å². The zero-order valence-electron chi connectivity index (χ0n) is 18.8. The standard InChI is InChI=1S/C23H19ClF7N3O2/c1-12(2)19(35)34-10-20(25,11-34)18-6-3-13(9-32-18)17-8-21(36-33-17,23(29,30)31)14-4-5-16(24)15(7-14)22(26,27)28/h3-7,9,12H,8,10-11H2,1-2H3. The summed E-state index contributed by atoms with van der Waals surface area (Å²) in [5.41, 5.74) is -7.49. The van der Waals surface area contributed by atoms with E-state index in [-0.39, 0.29) is 41.9 Å². The van der Waals surface area contributed by atoms with Gasteiger partial charge < -0.3 is 9.74 Å². The number of likely N-dealkylation sites (tertiary alicyclic amines) is 1. The second-order valence-electron chi connectivity index (χ2n) is 9.07. The van der Waals surface area contributed by atoms with Gasteiger partial charge in [-0.1, -0.05) is 36.7 Å². The van der Waals surface area contributed by atoms with Gasteiger partial charge in [0.25, 0.3) is 5.60 Å². The minimum atomic E-state index is -5.14. The van der Waals surface area contributed by atoms with Gasteiger partial charge in [0.2, 0.25) is 5.91 Å². The molecule has 1 aromatic heterocycles. The van der Waals surface area contributed by atoms with Crippen LogP contribution >= 0.6 is 11.6 Å². The fourth-order valence-corrected chi connectivity index (χ4v) is 4.35. The van der Waals surface area contributed by atoms with Crippen molar-refractivity contribution in [3.05, 3.63) is 63.9 Å². The van der Waals surface area contributed by atoms with Crippen LogP contribution in [0.1, 0.15) is 42.7 Å². The van der Waals surface area contributed by atoms with Gasteiger partial charge in [-0.15, -0.1) is 0 Å². The van der Waals surface area contributed by atoms with E-state index in [1.165, 1.54) is 17.0 Å². The van der Waals surface area contributed by atoms with Crippen molar-refractivity contribution in [2.75, 3.05) is 13.1 Å². The number of pyridine rings is 1. The molecule has 2 aromatic rings. The molecule has 1 atom stereocenters. The van der Waals surface area contributed by atoms with Gasteiger partial charge in [0, 0.05) is 23.2 Å². The summed E-state index contributed by atoms with van der Waals surface area (Å²) in [6.07, 6.45) is -9.94. The Hall–Kier alpha value is -2.89. The zero-order valence-corrected chi connectivity index (χ0v) is 19.6. The molecule has 1 fully saturated rings. The first kappa shape index (κ1) is 26.2. The predicted octanol–water partition coefficient (Wildman–Crippen LogP) is 6.00. The van der Waals surface area contributed by atoms with Crippen LogP contribution < -0.4 is 0 Å². The molecule has 0 spiro atoms. The summed E-state index contributed by atoms with van der Waals surface area (Å²) in [7, 11) is 0. The van der Waals surface area contributed by atoms with Crippen molar-refractivity contribution in [1.29, 1.82) is 0 Å². The lowest BCUT2D eigenvalue weighted by molar-refractivity contribution is -0.276. The van der Waals surface area contributed by atoms with Gasteiger partial charge in [-0.3, -0.25) is 9.78 Å². The number of alkyl halides is 7. The van der Waals surface area contributed by atoms with Gasteiger partial charge in [-0.2, -0.15) is 26.3 Å². The third kappa shape index (κ3) is 4.39. The molecule has 3 heterocycles. The van der Waals surface area contributed by atoms with Crippen molar-refractivity contribution in [2.45, 2.75) is 43.9 Å². The fraction of sp³-hybridized carbons (Fsp3) is 0.435. The smallest absolute Gasteiger partial charge is 0.374 e. The molecule has 2 aliphatic heterocycles. The Morgan fingerprint density at radius 1 is 1.11 bits per heavy atom. The van der Waals surface area contributed by atoms with Gasteiger partial charge in [-0.05, 0) is 24.3 Å². The van der Waals surface area contributed by atoms with Crippen molar-refractivity contribution in [2.24, 2.45) is 11.1 Å². The molecule has 1 aromatic carbocycles. The van der Waals surface area contributed by atoms with E-state index < -0.39 is 46.2 Å². The van der Waals surface area contributed by atoms with Crippen molar-refractivity contribution in [3.63, 3.8) is 0 Å². The van der Waals surface area contributed by atoms with Gasteiger partial charge in [0.05, 0.1) is 41.5 Å². The van der Waals surface area contributed by atoms with E-state index in [0.29, 0.717) is 6.07 Å². The highest BCUT2D eigenvalue weighted by Crippen LogP contribution is 2.50. The van der Waals surface area contributed by atoms with E-state index >= 15 is 4.39 Å².